The summed E-state index contributed by atoms with van der Waals surface area (Å²) >= 11 is 7.54. The molecule has 0 N–H and O–H groups in total. The molecule has 0 aliphatic heterocycles. The predicted octanol–water partition coefficient (Wildman–Crippen LogP) is 4.01. The molecule has 0 bridgehead atoms. The molecule has 3 nitrogen and oxygen atoms in total. The smallest absolute Gasteiger partial charge is 0.246 e. The third-order valence-corrected chi connectivity index (χ3v) is 4.44. The maximum atomic E-state index is 12.5. The molecular formula is C18H21ClN2OS. The second-order valence-corrected chi connectivity index (χ2v) is 6.95. The highest BCUT2D eigenvalue weighted by molar-refractivity contribution is 7.10. The molecule has 0 aliphatic rings. The standard InChI is InChI=1S/C18H21ClN2OS/c1-20(2)11-12-21(14-15-5-7-16(19)8-6-15)18(22)10-9-17-4-3-13-23-17/h3-10,13H,11-12,14H2,1-2H3/b10-9+. The van der Waals surface area contributed by atoms with Gasteiger partial charge in [0, 0.05) is 35.6 Å². The van der Waals surface area contributed by atoms with E-state index in [0.29, 0.717) is 18.1 Å². The Morgan fingerprint density at radius 2 is 1.91 bits per heavy atom. The number of carbonyl (C=O) groups is 1. The lowest BCUT2D eigenvalue weighted by molar-refractivity contribution is -0.126. The molecule has 1 aromatic heterocycles. The van der Waals surface area contributed by atoms with Gasteiger partial charge in [0.2, 0.25) is 5.91 Å². The second-order valence-electron chi connectivity index (χ2n) is 5.54. The van der Waals surface area contributed by atoms with Crippen LogP contribution in [-0.4, -0.2) is 42.9 Å². The van der Waals surface area contributed by atoms with E-state index < -0.39 is 0 Å². The van der Waals surface area contributed by atoms with Gasteiger partial charge in [-0.2, -0.15) is 0 Å². The first-order valence-electron chi connectivity index (χ1n) is 7.44. The van der Waals surface area contributed by atoms with Crippen LogP contribution in [0.4, 0.5) is 0 Å². The normalized spacial score (nSPS) is 11.3. The number of halogens is 1. The zero-order valence-corrected chi connectivity index (χ0v) is 15.0. The Bertz CT molecular complexity index is 636. The van der Waals surface area contributed by atoms with Gasteiger partial charge in [-0.25, -0.2) is 0 Å². The van der Waals surface area contributed by atoms with Crippen LogP contribution >= 0.6 is 22.9 Å². The third kappa shape index (κ3) is 6.18. The van der Waals surface area contributed by atoms with E-state index in [-0.39, 0.29) is 5.91 Å². The fraction of sp³-hybridized carbons (Fsp3) is 0.278. The van der Waals surface area contributed by atoms with Crippen molar-refractivity contribution >= 4 is 34.9 Å². The lowest BCUT2D eigenvalue weighted by Crippen LogP contribution is -2.35. The number of hydrogen-bond donors (Lipinski definition) is 0. The van der Waals surface area contributed by atoms with Crippen LogP contribution in [0, 0.1) is 0 Å². The number of benzene rings is 1. The summed E-state index contributed by atoms with van der Waals surface area (Å²) in [6.45, 7) is 2.09. The van der Waals surface area contributed by atoms with Crippen molar-refractivity contribution in [3.8, 4) is 0 Å². The van der Waals surface area contributed by atoms with E-state index >= 15 is 0 Å². The Balaban J connectivity index is 2.05. The number of likely N-dealkylation sites (N-methyl/N-ethyl adjacent to an activating group) is 1. The summed E-state index contributed by atoms with van der Waals surface area (Å²) in [7, 11) is 4.01. The predicted molar refractivity (Wildman–Crippen MR) is 98.8 cm³/mol. The van der Waals surface area contributed by atoms with Crippen molar-refractivity contribution in [2.45, 2.75) is 6.54 Å². The quantitative estimate of drug-likeness (QED) is 0.706. The molecule has 1 heterocycles. The van der Waals surface area contributed by atoms with Gasteiger partial charge in [0.25, 0.3) is 0 Å². The van der Waals surface area contributed by atoms with E-state index in [1.807, 2.05) is 66.8 Å². The average molecular weight is 349 g/mol. The summed E-state index contributed by atoms with van der Waals surface area (Å²) in [5.41, 5.74) is 1.08. The van der Waals surface area contributed by atoms with Gasteiger partial charge in [-0.3, -0.25) is 4.79 Å². The monoisotopic (exact) mass is 348 g/mol. The summed E-state index contributed by atoms with van der Waals surface area (Å²) in [5, 5.41) is 2.71. The molecule has 2 aromatic rings. The Labute approximate surface area is 146 Å². The molecule has 1 aromatic carbocycles. The lowest BCUT2D eigenvalue weighted by atomic mass is 10.2. The molecule has 5 heteroatoms. The Kier molecular flexibility index (Phi) is 6.84. The van der Waals surface area contributed by atoms with E-state index in [1.165, 1.54) is 0 Å². The van der Waals surface area contributed by atoms with Crippen LogP contribution in [0.25, 0.3) is 6.08 Å². The molecule has 0 radical (unpaired) electrons. The molecule has 0 saturated carbocycles. The lowest BCUT2D eigenvalue weighted by Gasteiger charge is -2.23. The summed E-state index contributed by atoms with van der Waals surface area (Å²) < 4.78 is 0. The zero-order chi connectivity index (χ0) is 16.7. The first-order chi connectivity index (χ1) is 11.0. The summed E-state index contributed by atoms with van der Waals surface area (Å²) in [6.07, 6.45) is 3.52. The maximum absolute atomic E-state index is 12.5. The first kappa shape index (κ1) is 17.7. The highest BCUT2D eigenvalue weighted by Crippen LogP contribution is 2.13. The van der Waals surface area contributed by atoms with Gasteiger partial charge in [-0.05, 0) is 49.3 Å². The number of nitrogens with zero attached hydrogens (tertiary/aromatic N) is 2. The fourth-order valence-electron chi connectivity index (χ4n) is 2.04. The number of thiophene rings is 1. The van der Waals surface area contributed by atoms with Crippen molar-refractivity contribution in [2.75, 3.05) is 27.2 Å². The zero-order valence-electron chi connectivity index (χ0n) is 13.4. The van der Waals surface area contributed by atoms with Gasteiger partial charge >= 0.3 is 0 Å². The van der Waals surface area contributed by atoms with Crippen LogP contribution in [0.2, 0.25) is 5.02 Å². The topological polar surface area (TPSA) is 23.6 Å². The molecule has 0 aliphatic carbocycles. The Morgan fingerprint density at radius 1 is 1.17 bits per heavy atom. The van der Waals surface area contributed by atoms with Crippen LogP contribution in [-0.2, 0) is 11.3 Å². The van der Waals surface area contributed by atoms with Crippen LogP contribution in [0.15, 0.2) is 47.9 Å². The molecular weight excluding hydrogens is 328 g/mol. The molecule has 2 rings (SSSR count). The van der Waals surface area contributed by atoms with Crippen molar-refractivity contribution < 1.29 is 4.79 Å². The van der Waals surface area contributed by atoms with Crippen molar-refractivity contribution in [1.82, 2.24) is 9.80 Å². The van der Waals surface area contributed by atoms with Gasteiger partial charge in [-0.1, -0.05) is 29.8 Å². The molecule has 0 unspecified atom stereocenters. The summed E-state index contributed by atoms with van der Waals surface area (Å²) in [6, 6.07) is 11.6. The van der Waals surface area contributed by atoms with E-state index in [0.717, 1.165) is 17.0 Å². The average Bonchev–Trinajstić information content (AvgIpc) is 3.04. The van der Waals surface area contributed by atoms with Crippen molar-refractivity contribution in [2.24, 2.45) is 0 Å². The minimum absolute atomic E-state index is 0.0233. The van der Waals surface area contributed by atoms with Crippen LogP contribution < -0.4 is 0 Å². The van der Waals surface area contributed by atoms with Crippen LogP contribution in [0.1, 0.15) is 10.4 Å². The minimum atomic E-state index is 0.0233. The molecule has 0 spiro atoms. The van der Waals surface area contributed by atoms with Crippen molar-refractivity contribution in [1.29, 1.82) is 0 Å². The van der Waals surface area contributed by atoms with Gasteiger partial charge in [-0.15, -0.1) is 11.3 Å². The SMILES string of the molecule is CN(C)CCN(Cc1ccc(Cl)cc1)C(=O)/C=C/c1cccs1. The molecule has 0 fully saturated rings. The number of carbonyl (C=O) groups excluding carboxylic acids is 1. The second kappa shape index (κ2) is 8.87. The first-order valence-corrected chi connectivity index (χ1v) is 8.70. The Hall–Kier alpha value is -1.62. The Morgan fingerprint density at radius 3 is 2.52 bits per heavy atom. The molecule has 0 atom stereocenters. The summed E-state index contributed by atoms with van der Waals surface area (Å²) in [5.74, 6) is 0.0233. The number of rotatable bonds is 7. The van der Waals surface area contributed by atoms with Gasteiger partial charge in [0.05, 0.1) is 0 Å². The van der Waals surface area contributed by atoms with E-state index in [1.54, 1.807) is 17.4 Å². The molecule has 0 saturated heterocycles. The largest absolute Gasteiger partial charge is 0.334 e. The highest BCUT2D eigenvalue weighted by Gasteiger charge is 2.12. The highest BCUT2D eigenvalue weighted by atomic mass is 35.5. The van der Waals surface area contributed by atoms with Crippen molar-refractivity contribution in [3.63, 3.8) is 0 Å². The third-order valence-electron chi connectivity index (χ3n) is 3.35. The molecule has 122 valence electrons. The van der Waals surface area contributed by atoms with Crippen LogP contribution in [0.3, 0.4) is 0 Å². The van der Waals surface area contributed by atoms with Gasteiger partial charge in [0.15, 0.2) is 0 Å². The fourth-order valence-corrected chi connectivity index (χ4v) is 2.79. The number of amides is 1. The molecule has 1 amide bonds. The van der Waals surface area contributed by atoms with Gasteiger partial charge < -0.3 is 9.80 Å². The van der Waals surface area contributed by atoms with E-state index in [9.17, 15) is 4.79 Å². The number of hydrogen-bond acceptors (Lipinski definition) is 3. The van der Waals surface area contributed by atoms with E-state index in [2.05, 4.69) is 4.90 Å². The van der Waals surface area contributed by atoms with Crippen LogP contribution in [0.5, 0.6) is 0 Å². The van der Waals surface area contributed by atoms with E-state index in [4.69, 9.17) is 11.6 Å². The molecule has 23 heavy (non-hydrogen) atoms. The minimum Gasteiger partial charge on any atom is -0.334 e. The van der Waals surface area contributed by atoms with Gasteiger partial charge in [0.1, 0.15) is 0 Å². The maximum Gasteiger partial charge on any atom is 0.246 e. The van der Waals surface area contributed by atoms with Crippen molar-refractivity contribution in [3.05, 3.63) is 63.3 Å². The summed E-state index contributed by atoms with van der Waals surface area (Å²) in [4.78, 5) is 17.5.